The summed E-state index contributed by atoms with van der Waals surface area (Å²) in [6.45, 7) is 3.31. The number of hydrogen-bond donors (Lipinski definition) is 2. The molecular weight excluding hydrogens is 398 g/mol. The third-order valence-corrected chi connectivity index (χ3v) is 9.47. The van der Waals surface area contributed by atoms with Gasteiger partial charge in [0, 0.05) is 19.7 Å². The number of rotatable bonds is 9. The Morgan fingerprint density at radius 1 is 0.719 bits per heavy atom. The van der Waals surface area contributed by atoms with Crippen molar-refractivity contribution in [2.45, 2.75) is 127 Å². The highest BCUT2D eigenvalue weighted by atomic mass is 16.5. The predicted molar refractivity (Wildman–Crippen MR) is 131 cm³/mol. The Hall–Kier alpha value is -0.160. The van der Waals surface area contributed by atoms with Gasteiger partial charge < -0.3 is 14.9 Å². The number of hydrogen-bond acceptors (Lipinski definition) is 4. The number of aliphatic hydroxyl groups excluding tert-OH is 2. The van der Waals surface area contributed by atoms with Crippen LogP contribution in [0.2, 0.25) is 0 Å². The molecule has 2 unspecified atom stereocenters. The SMILES string of the molecule is OC(CN1CC[C@@H](CCOC(C2CCCCC2)C2CCCCC2)C(O)C1)C1CCCCC1. The second kappa shape index (κ2) is 13.1. The maximum absolute atomic E-state index is 10.8. The van der Waals surface area contributed by atoms with Crippen molar-refractivity contribution >= 4 is 0 Å². The van der Waals surface area contributed by atoms with Crippen LogP contribution in [0.4, 0.5) is 0 Å². The number of ether oxygens (including phenoxy) is 1. The lowest BCUT2D eigenvalue weighted by Gasteiger charge is -2.40. The fourth-order valence-electron chi connectivity index (χ4n) is 7.42. The van der Waals surface area contributed by atoms with E-state index in [1.165, 1.54) is 96.3 Å². The van der Waals surface area contributed by atoms with E-state index in [0.29, 0.717) is 17.9 Å². The average Bonchev–Trinajstić information content (AvgIpc) is 2.84. The fraction of sp³-hybridized carbons (Fsp3) is 1.00. The first-order valence-corrected chi connectivity index (χ1v) is 14.4. The van der Waals surface area contributed by atoms with Gasteiger partial charge in [0.2, 0.25) is 0 Å². The predicted octanol–water partition coefficient (Wildman–Crippen LogP) is 5.55. The van der Waals surface area contributed by atoms with Crippen LogP contribution in [0.15, 0.2) is 0 Å². The molecule has 0 aromatic rings. The number of aliphatic hydroxyl groups is 2. The highest BCUT2D eigenvalue weighted by molar-refractivity contribution is 4.85. The Morgan fingerprint density at radius 3 is 1.78 bits per heavy atom. The Bertz CT molecular complexity index is 493. The second-order valence-electron chi connectivity index (χ2n) is 11.8. The molecule has 4 nitrogen and oxygen atoms in total. The Morgan fingerprint density at radius 2 is 1.25 bits per heavy atom. The fourth-order valence-corrected chi connectivity index (χ4v) is 7.42. The molecule has 4 rings (SSSR count). The van der Waals surface area contributed by atoms with Gasteiger partial charge in [0.1, 0.15) is 0 Å². The highest BCUT2D eigenvalue weighted by Crippen LogP contribution is 2.38. The van der Waals surface area contributed by atoms with Crippen molar-refractivity contribution in [2.24, 2.45) is 23.7 Å². The minimum atomic E-state index is -0.270. The van der Waals surface area contributed by atoms with Crippen molar-refractivity contribution in [3.63, 3.8) is 0 Å². The summed E-state index contributed by atoms with van der Waals surface area (Å²) < 4.78 is 6.68. The van der Waals surface area contributed by atoms with Crippen molar-refractivity contribution in [3.05, 3.63) is 0 Å². The molecule has 1 heterocycles. The van der Waals surface area contributed by atoms with E-state index in [4.69, 9.17) is 4.74 Å². The van der Waals surface area contributed by atoms with Gasteiger partial charge in [-0.1, -0.05) is 57.8 Å². The Balaban J connectivity index is 1.20. The topological polar surface area (TPSA) is 52.9 Å². The summed E-state index contributed by atoms with van der Waals surface area (Å²) in [4.78, 5) is 2.31. The van der Waals surface area contributed by atoms with Crippen molar-refractivity contribution in [1.29, 1.82) is 0 Å². The van der Waals surface area contributed by atoms with Crippen LogP contribution < -0.4 is 0 Å². The number of likely N-dealkylation sites (tertiary alicyclic amines) is 1. The number of piperidine rings is 1. The third kappa shape index (κ3) is 7.17. The van der Waals surface area contributed by atoms with E-state index < -0.39 is 0 Å². The van der Waals surface area contributed by atoms with Crippen LogP contribution in [0.25, 0.3) is 0 Å². The lowest BCUT2D eigenvalue weighted by Crippen LogP contribution is -2.48. The van der Waals surface area contributed by atoms with Crippen LogP contribution in [-0.2, 0) is 4.74 Å². The van der Waals surface area contributed by atoms with E-state index >= 15 is 0 Å². The average molecular weight is 450 g/mol. The third-order valence-electron chi connectivity index (χ3n) is 9.47. The van der Waals surface area contributed by atoms with Crippen molar-refractivity contribution < 1.29 is 14.9 Å². The summed E-state index contributed by atoms with van der Waals surface area (Å²) in [7, 11) is 0. The summed E-state index contributed by atoms with van der Waals surface area (Å²) in [5.74, 6) is 2.39. The molecule has 0 bridgehead atoms. The van der Waals surface area contributed by atoms with Gasteiger partial charge >= 0.3 is 0 Å². The zero-order valence-corrected chi connectivity index (χ0v) is 20.6. The van der Waals surface area contributed by atoms with Crippen molar-refractivity contribution in [3.8, 4) is 0 Å². The summed E-state index contributed by atoms with van der Waals surface area (Å²) in [5, 5.41) is 21.5. The van der Waals surface area contributed by atoms with Gasteiger partial charge in [-0.05, 0) is 81.6 Å². The second-order valence-corrected chi connectivity index (χ2v) is 11.8. The minimum Gasteiger partial charge on any atom is -0.392 e. The minimum absolute atomic E-state index is 0.214. The largest absolute Gasteiger partial charge is 0.392 e. The van der Waals surface area contributed by atoms with Crippen molar-refractivity contribution in [1.82, 2.24) is 4.90 Å². The van der Waals surface area contributed by atoms with E-state index in [2.05, 4.69) is 4.90 Å². The van der Waals surface area contributed by atoms with Gasteiger partial charge in [0.05, 0.1) is 18.3 Å². The first-order valence-electron chi connectivity index (χ1n) is 14.4. The zero-order chi connectivity index (χ0) is 22.2. The molecule has 1 aliphatic heterocycles. The summed E-state index contributed by atoms with van der Waals surface area (Å²) >= 11 is 0. The molecular formula is C28H51NO3. The van der Waals surface area contributed by atoms with Crippen LogP contribution in [0.3, 0.4) is 0 Å². The highest BCUT2D eigenvalue weighted by Gasteiger charge is 2.34. The normalized spacial score (nSPS) is 31.2. The molecule has 186 valence electrons. The Labute approximate surface area is 197 Å². The maximum Gasteiger partial charge on any atom is 0.0696 e. The van der Waals surface area contributed by atoms with E-state index in [9.17, 15) is 10.2 Å². The van der Waals surface area contributed by atoms with E-state index in [0.717, 1.165) is 50.9 Å². The molecule has 0 amide bonds. The van der Waals surface area contributed by atoms with Crippen LogP contribution in [0, 0.1) is 23.7 Å². The first kappa shape index (κ1) is 24.9. The van der Waals surface area contributed by atoms with Crippen LogP contribution in [-0.4, -0.2) is 59.7 Å². The molecule has 0 aromatic heterocycles. The molecule has 4 aliphatic rings. The molecule has 0 spiro atoms. The van der Waals surface area contributed by atoms with E-state index in [-0.39, 0.29) is 12.2 Å². The van der Waals surface area contributed by atoms with Gasteiger partial charge in [0.15, 0.2) is 0 Å². The lowest BCUT2D eigenvalue weighted by molar-refractivity contribution is -0.0640. The molecule has 3 atom stereocenters. The van der Waals surface area contributed by atoms with Gasteiger partial charge in [0.25, 0.3) is 0 Å². The maximum atomic E-state index is 10.8. The molecule has 0 aromatic carbocycles. The van der Waals surface area contributed by atoms with Gasteiger partial charge in [-0.2, -0.15) is 0 Å². The molecule has 3 saturated carbocycles. The first-order chi connectivity index (χ1) is 15.7. The molecule has 1 saturated heterocycles. The molecule has 0 radical (unpaired) electrons. The van der Waals surface area contributed by atoms with Gasteiger partial charge in [-0.25, -0.2) is 0 Å². The molecule has 2 N–H and O–H groups in total. The summed E-state index contributed by atoms with van der Waals surface area (Å²) in [5.41, 5.74) is 0. The van der Waals surface area contributed by atoms with Crippen molar-refractivity contribution in [2.75, 3.05) is 26.2 Å². The summed E-state index contributed by atoms with van der Waals surface area (Å²) in [6.07, 6.45) is 22.1. The molecule has 3 aliphatic carbocycles. The lowest BCUT2D eigenvalue weighted by atomic mass is 9.75. The van der Waals surface area contributed by atoms with Gasteiger partial charge in [-0.15, -0.1) is 0 Å². The molecule has 32 heavy (non-hydrogen) atoms. The van der Waals surface area contributed by atoms with Crippen LogP contribution in [0.1, 0.15) is 109 Å². The monoisotopic (exact) mass is 449 g/mol. The van der Waals surface area contributed by atoms with E-state index in [1.54, 1.807) is 0 Å². The van der Waals surface area contributed by atoms with Crippen LogP contribution in [0.5, 0.6) is 0 Å². The Kier molecular flexibility index (Phi) is 10.2. The number of β-amino-alcohol motifs (C(OH)–C–C–N with tert-alkyl or cyclic N) is 2. The smallest absolute Gasteiger partial charge is 0.0696 e. The van der Waals surface area contributed by atoms with Crippen LogP contribution >= 0.6 is 0 Å². The standard InChI is InChI=1S/C28H51NO3/c30-26(22-10-4-1-5-11-22)20-29-18-16-23(27(31)21-29)17-19-32-28(24-12-6-2-7-13-24)25-14-8-3-9-15-25/h22-28,30-31H,1-21H2/t23-,26?,27?/m0/s1. The molecule has 4 heteroatoms. The summed E-state index contributed by atoms with van der Waals surface area (Å²) in [6, 6.07) is 0. The molecule has 4 fully saturated rings. The van der Waals surface area contributed by atoms with E-state index in [1.807, 2.05) is 0 Å². The van der Waals surface area contributed by atoms with Gasteiger partial charge in [-0.3, -0.25) is 4.90 Å². The number of nitrogens with zero attached hydrogens (tertiary/aromatic N) is 1. The quantitative estimate of drug-likeness (QED) is 0.485. The zero-order valence-electron chi connectivity index (χ0n) is 20.6.